The van der Waals surface area contributed by atoms with Crippen LogP contribution >= 0.6 is 0 Å². The number of hydrogen-bond acceptors (Lipinski definition) is 10. The second-order valence-corrected chi connectivity index (χ2v) is 9.79. The third kappa shape index (κ3) is 7.67. The third-order valence-electron chi connectivity index (χ3n) is 5.47. The fourth-order valence-corrected chi connectivity index (χ4v) is 3.59. The van der Waals surface area contributed by atoms with Crippen molar-refractivity contribution in [3.63, 3.8) is 0 Å². The molecule has 0 saturated carbocycles. The van der Waals surface area contributed by atoms with Gasteiger partial charge in [-0.15, -0.1) is 5.10 Å². The number of methoxy groups -OCH3 is 1. The van der Waals surface area contributed by atoms with Crippen molar-refractivity contribution in [3.05, 3.63) is 76.8 Å². The maximum atomic E-state index is 12.8. The van der Waals surface area contributed by atoms with Crippen molar-refractivity contribution in [2.24, 2.45) is 0 Å². The summed E-state index contributed by atoms with van der Waals surface area (Å²) in [6, 6.07) is 14.8. The van der Waals surface area contributed by atoms with Crippen LogP contribution in [-0.4, -0.2) is 52.4 Å². The number of ether oxygens (including phenoxy) is 4. The summed E-state index contributed by atoms with van der Waals surface area (Å²) in [6.07, 6.45) is 0.715. The zero-order valence-electron chi connectivity index (χ0n) is 22.6. The minimum absolute atomic E-state index is 0.0275. The van der Waals surface area contributed by atoms with Gasteiger partial charge in [0.25, 0.3) is 0 Å². The van der Waals surface area contributed by atoms with Crippen LogP contribution in [0, 0.1) is 0 Å². The molecule has 12 heteroatoms. The first-order chi connectivity index (χ1) is 19.1. The van der Waals surface area contributed by atoms with E-state index in [9.17, 15) is 14.4 Å². The molecule has 2 aromatic heterocycles. The molecule has 0 aliphatic carbocycles. The summed E-state index contributed by atoms with van der Waals surface area (Å²) in [6.45, 7) is 4.80. The molecule has 0 aliphatic rings. The van der Waals surface area contributed by atoms with E-state index in [-0.39, 0.29) is 31.2 Å². The van der Waals surface area contributed by atoms with Crippen molar-refractivity contribution in [1.29, 1.82) is 0 Å². The maximum absolute atomic E-state index is 12.8. The van der Waals surface area contributed by atoms with Crippen molar-refractivity contribution in [2.45, 2.75) is 45.8 Å². The normalized spacial score (nSPS) is 12.1. The first kappa shape index (κ1) is 28.3. The number of rotatable bonds is 10. The summed E-state index contributed by atoms with van der Waals surface area (Å²) in [4.78, 5) is 37.7. The van der Waals surface area contributed by atoms with Crippen LogP contribution < -0.4 is 15.7 Å². The van der Waals surface area contributed by atoms with Crippen LogP contribution in [0.5, 0.6) is 5.75 Å². The number of alkyl carbamates (subject to hydrolysis) is 1. The van der Waals surface area contributed by atoms with Gasteiger partial charge in [-0.2, -0.15) is 0 Å². The molecule has 0 fully saturated rings. The van der Waals surface area contributed by atoms with Crippen LogP contribution in [0.3, 0.4) is 0 Å². The van der Waals surface area contributed by atoms with Crippen LogP contribution in [0.1, 0.15) is 26.3 Å². The van der Waals surface area contributed by atoms with Crippen molar-refractivity contribution in [1.82, 2.24) is 20.3 Å². The fourth-order valence-electron chi connectivity index (χ4n) is 3.59. The van der Waals surface area contributed by atoms with Crippen molar-refractivity contribution in [2.75, 3.05) is 13.7 Å². The molecule has 4 rings (SSSR count). The molecule has 0 saturated heterocycles. The monoisotopic (exact) mass is 550 g/mol. The van der Waals surface area contributed by atoms with E-state index < -0.39 is 29.3 Å². The zero-order valence-corrected chi connectivity index (χ0v) is 22.6. The third-order valence-corrected chi connectivity index (χ3v) is 5.47. The van der Waals surface area contributed by atoms with E-state index in [0.29, 0.717) is 16.7 Å². The number of carbonyl (C=O) groups is 2. The summed E-state index contributed by atoms with van der Waals surface area (Å²) in [5, 5.41) is 11.2. The molecule has 0 aliphatic heterocycles. The van der Waals surface area contributed by atoms with Gasteiger partial charge in [0.05, 0.1) is 25.5 Å². The van der Waals surface area contributed by atoms with Gasteiger partial charge in [0.1, 0.15) is 36.0 Å². The lowest BCUT2D eigenvalue weighted by molar-refractivity contribution is -0.149. The lowest BCUT2D eigenvalue weighted by atomic mass is 10.1. The van der Waals surface area contributed by atoms with Crippen molar-refractivity contribution in [3.8, 4) is 17.0 Å². The minimum Gasteiger partial charge on any atom is -0.497 e. The first-order valence-electron chi connectivity index (χ1n) is 12.4. The van der Waals surface area contributed by atoms with E-state index in [2.05, 4.69) is 15.6 Å². The molecule has 0 bridgehead atoms. The lowest BCUT2D eigenvalue weighted by Gasteiger charge is -2.23. The Morgan fingerprint density at radius 3 is 2.60 bits per heavy atom. The second-order valence-electron chi connectivity index (χ2n) is 9.79. The number of fused-ring (bicyclic) bond motifs is 1. The maximum Gasteiger partial charge on any atom is 0.408 e. The van der Waals surface area contributed by atoms with Crippen molar-refractivity contribution >= 4 is 23.0 Å². The predicted octanol–water partition coefficient (Wildman–Crippen LogP) is 3.67. The topological polar surface area (TPSA) is 144 Å². The summed E-state index contributed by atoms with van der Waals surface area (Å²) in [7, 11) is 1.53. The average molecular weight is 551 g/mol. The molecule has 1 N–H and O–H groups in total. The molecule has 1 atom stereocenters. The summed E-state index contributed by atoms with van der Waals surface area (Å²) >= 11 is 0. The Morgan fingerprint density at radius 1 is 1.10 bits per heavy atom. The number of carbonyl (C=O) groups excluding carboxylic acids is 2. The second kappa shape index (κ2) is 12.4. The Hall–Kier alpha value is -4.71. The van der Waals surface area contributed by atoms with E-state index in [1.807, 2.05) is 30.3 Å². The van der Waals surface area contributed by atoms with E-state index in [1.54, 1.807) is 45.0 Å². The van der Waals surface area contributed by atoms with Gasteiger partial charge in [-0.3, -0.25) is 0 Å². The van der Waals surface area contributed by atoms with Crippen LogP contribution in [0.25, 0.3) is 22.2 Å². The molecular formula is C28H30N4O8. The van der Waals surface area contributed by atoms with Gasteiger partial charge in [-0.1, -0.05) is 35.5 Å². The molecule has 1 amide bonds. The number of hydrogen-bond donors (Lipinski definition) is 1. The largest absolute Gasteiger partial charge is 0.497 e. The van der Waals surface area contributed by atoms with E-state index in [1.165, 1.54) is 18.0 Å². The Balaban J connectivity index is 1.41. The molecule has 2 heterocycles. The SMILES string of the molecule is COc1ccc2cc(-c3cn(COC[C@H](NC(=O)OC(C)(C)C)C(=O)OCc4ccccc4)nn3)c(=O)oc2c1. The zero-order chi connectivity index (χ0) is 28.7. The molecule has 210 valence electrons. The molecule has 2 aromatic carbocycles. The van der Waals surface area contributed by atoms with Crippen molar-refractivity contribution < 1.29 is 33.0 Å². The highest BCUT2D eigenvalue weighted by atomic mass is 16.6. The average Bonchev–Trinajstić information content (AvgIpc) is 3.38. The first-order valence-corrected chi connectivity index (χ1v) is 12.4. The summed E-state index contributed by atoms with van der Waals surface area (Å²) in [5.41, 5.74) is 0.323. The predicted molar refractivity (Wildman–Crippen MR) is 143 cm³/mol. The van der Waals surface area contributed by atoms with Gasteiger partial charge < -0.3 is 28.7 Å². The highest BCUT2D eigenvalue weighted by Gasteiger charge is 2.26. The number of nitrogens with zero attached hydrogens (tertiary/aromatic N) is 3. The van der Waals surface area contributed by atoms with Crippen LogP contribution in [-0.2, 0) is 32.3 Å². The molecule has 0 radical (unpaired) electrons. The standard InChI is InChI=1S/C28H30N4O8/c1-28(2,3)40-27(35)29-23(26(34)38-15-18-8-6-5-7-9-18)16-37-17-32-14-22(30-31-32)21-12-19-10-11-20(36-4)13-24(19)39-25(21)33/h5-14,23H,15-17H2,1-4H3,(H,29,35)/t23-/m0/s1. The molecule has 12 nitrogen and oxygen atoms in total. The number of benzene rings is 2. The van der Waals surface area contributed by atoms with Gasteiger partial charge in [0.15, 0.2) is 6.04 Å². The van der Waals surface area contributed by atoms with E-state index in [4.69, 9.17) is 23.4 Å². The summed E-state index contributed by atoms with van der Waals surface area (Å²) in [5.74, 6) is -0.130. The van der Waals surface area contributed by atoms with Crippen LogP contribution in [0.4, 0.5) is 4.79 Å². The van der Waals surface area contributed by atoms with Gasteiger partial charge in [-0.05, 0) is 44.5 Å². The van der Waals surface area contributed by atoms with E-state index in [0.717, 1.165) is 5.56 Å². The van der Waals surface area contributed by atoms with Gasteiger partial charge >= 0.3 is 17.7 Å². The highest BCUT2D eigenvalue weighted by molar-refractivity contribution is 5.82. The Morgan fingerprint density at radius 2 is 1.88 bits per heavy atom. The van der Waals surface area contributed by atoms with Gasteiger partial charge in [0.2, 0.25) is 0 Å². The smallest absolute Gasteiger partial charge is 0.408 e. The molecule has 0 unspecified atom stereocenters. The minimum atomic E-state index is -1.15. The van der Waals surface area contributed by atoms with Gasteiger partial charge in [0, 0.05) is 11.5 Å². The molecule has 4 aromatic rings. The number of aromatic nitrogens is 3. The highest BCUT2D eigenvalue weighted by Crippen LogP contribution is 2.23. The van der Waals surface area contributed by atoms with Gasteiger partial charge in [-0.25, -0.2) is 19.1 Å². The fraction of sp³-hybridized carbons (Fsp3) is 0.321. The Labute approximate surface area is 229 Å². The lowest BCUT2D eigenvalue weighted by Crippen LogP contribution is -2.47. The molecule has 40 heavy (non-hydrogen) atoms. The van der Waals surface area contributed by atoms with Crippen LogP contribution in [0.2, 0.25) is 0 Å². The molecule has 0 spiro atoms. The quantitative estimate of drug-likeness (QED) is 0.229. The number of amides is 1. The van der Waals surface area contributed by atoms with E-state index >= 15 is 0 Å². The molecular weight excluding hydrogens is 520 g/mol. The Kier molecular flexibility index (Phi) is 8.80. The summed E-state index contributed by atoms with van der Waals surface area (Å²) < 4.78 is 28.2. The Bertz CT molecular complexity index is 1520. The number of nitrogens with one attached hydrogen (secondary N) is 1. The van der Waals surface area contributed by atoms with Crippen LogP contribution in [0.15, 0.2) is 70.0 Å². The number of esters is 1.